The van der Waals surface area contributed by atoms with Crippen molar-refractivity contribution in [2.45, 2.75) is 13.8 Å². The van der Waals surface area contributed by atoms with E-state index in [4.69, 9.17) is 4.74 Å². The molecule has 0 aliphatic carbocycles. The third-order valence-corrected chi connectivity index (χ3v) is 2.95. The smallest absolute Gasteiger partial charge is 0.171 e. The van der Waals surface area contributed by atoms with Crippen molar-refractivity contribution in [3.63, 3.8) is 0 Å². The molecule has 0 saturated carbocycles. The Morgan fingerprint density at radius 2 is 2.11 bits per heavy atom. The summed E-state index contributed by atoms with van der Waals surface area (Å²) in [5, 5.41) is 4.28. The highest BCUT2D eigenvalue weighted by molar-refractivity contribution is 6.32. The molecule has 0 radical (unpaired) electrons. The van der Waals surface area contributed by atoms with Gasteiger partial charge >= 0.3 is 0 Å². The van der Waals surface area contributed by atoms with Crippen LogP contribution in [0.25, 0.3) is 0 Å². The van der Waals surface area contributed by atoms with Gasteiger partial charge in [0.05, 0.1) is 11.3 Å². The van der Waals surface area contributed by atoms with Gasteiger partial charge in [0.15, 0.2) is 12.0 Å². The topological polar surface area (TPSA) is 44.1 Å². The van der Waals surface area contributed by atoms with Gasteiger partial charge in [0, 0.05) is 7.05 Å². The normalized spacial score (nSPS) is 10.4. The van der Waals surface area contributed by atoms with Gasteiger partial charge < -0.3 is 4.74 Å². The first kappa shape index (κ1) is 12.4. The standard InChI is InChI=1S/C13H15BN2O2/c1-8-13(9(2)16(3)15-8)18-12-5-4-11(14)6-10(12)7-17/h4-7H,14H2,1-3H3. The second-order valence-electron chi connectivity index (χ2n) is 4.38. The molecular formula is C13H15BN2O2. The lowest BCUT2D eigenvalue weighted by atomic mass is 9.94. The van der Waals surface area contributed by atoms with Gasteiger partial charge in [-0.1, -0.05) is 17.6 Å². The maximum Gasteiger partial charge on any atom is 0.171 e. The Bertz CT molecular complexity index is 605. The predicted octanol–water partition coefficient (Wildman–Crippen LogP) is 0.900. The molecule has 18 heavy (non-hydrogen) atoms. The summed E-state index contributed by atoms with van der Waals surface area (Å²) < 4.78 is 7.59. The highest BCUT2D eigenvalue weighted by Gasteiger charge is 2.13. The largest absolute Gasteiger partial charge is 0.453 e. The average Bonchev–Trinajstić information content (AvgIpc) is 2.58. The summed E-state index contributed by atoms with van der Waals surface area (Å²) in [6, 6.07) is 5.54. The lowest BCUT2D eigenvalue weighted by molar-refractivity contribution is 0.112. The molecule has 0 spiro atoms. The highest BCUT2D eigenvalue weighted by atomic mass is 16.5. The zero-order chi connectivity index (χ0) is 13.3. The first-order chi connectivity index (χ1) is 8.52. The number of aryl methyl sites for hydroxylation is 2. The van der Waals surface area contributed by atoms with Crippen LogP contribution in [-0.4, -0.2) is 23.9 Å². The Kier molecular flexibility index (Phi) is 3.23. The van der Waals surface area contributed by atoms with Gasteiger partial charge in [-0.05, 0) is 19.9 Å². The minimum Gasteiger partial charge on any atom is -0.453 e. The molecule has 0 fully saturated rings. The molecular weight excluding hydrogens is 227 g/mol. The second kappa shape index (κ2) is 4.68. The van der Waals surface area contributed by atoms with Crippen LogP contribution in [0.4, 0.5) is 0 Å². The number of hydrogen-bond acceptors (Lipinski definition) is 3. The zero-order valence-corrected chi connectivity index (χ0v) is 11.0. The second-order valence-corrected chi connectivity index (χ2v) is 4.38. The van der Waals surface area contributed by atoms with Crippen molar-refractivity contribution < 1.29 is 9.53 Å². The molecule has 2 rings (SSSR count). The molecule has 0 N–H and O–H groups in total. The summed E-state index contributed by atoms with van der Waals surface area (Å²) in [5.41, 5.74) is 3.33. The number of hydrogen-bond donors (Lipinski definition) is 0. The van der Waals surface area contributed by atoms with E-state index in [9.17, 15) is 4.79 Å². The Hall–Kier alpha value is -2.04. The number of nitrogens with zero attached hydrogens (tertiary/aromatic N) is 2. The fourth-order valence-electron chi connectivity index (χ4n) is 1.86. The predicted molar refractivity (Wildman–Crippen MR) is 72.8 cm³/mol. The number of carbonyl (C=O) groups is 1. The van der Waals surface area contributed by atoms with Crippen LogP contribution in [0.2, 0.25) is 0 Å². The molecule has 1 heterocycles. The first-order valence-electron chi connectivity index (χ1n) is 5.77. The number of carbonyl (C=O) groups excluding carboxylic acids is 1. The maximum atomic E-state index is 11.0. The molecule has 0 aliphatic heterocycles. The Morgan fingerprint density at radius 3 is 2.67 bits per heavy atom. The maximum absolute atomic E-state index is 11.0. The van der Waals surface area contributed by atoms with Gasteiger partial charge in [-0.2, -0.15) is 5.10 Å². The van der Waals surface area contributed by atoms with Crippen LogP contribution < -0.4 is 10.2 Å². The summed E-state index contributed by atoms with van der Waals surface area (Å²) in [4.78, 5) is 11.0. The number of ether oxygens (including phenoxy) is 1. The summed E-state index contributed by atoms with van der Waals surface area (Å²) in [6.45, 7) is 3.82. The zero-order valence-electron chi connectivity index (χ0n) is 11.0. The van der Waals surface area contributed by atoms with Crippen molar-refractivity contribution in [3.8, 4) is 11.5 Å². The quantitative estimate of drug-likeness (QED) is 0.593. The van der Waals surface area contributed by atoms with Gasteiger partial charge in [0.1, 0.15) is 19.3 Å². The fraction of sp³-hybridized carbons (Fsp3) is 0.231. The van der Waals surface area contributed by atoms with Crippen LogP contribution in [-0.2, 0) is 7.05 Å². The molecule has 0 saturated heterocycles. The van der Waals surface area contributed by atoms with E-state index < -0.39 is 0 Å². The Labute approximate surface area is 107 Å². The monoisotopic (exact) mass is 242 g/mol. The van der Waals surface area contributed by atoms with Crippen LogP contribution >= 0.6 is 0 Å². The molecule has 0 bridgehead atoms. The van der Waals surface area contributed by atoms with E-state index >= 15 is 0 Å². The number of rotatable bonds is 3. The van der Waals surface area contributed by atoms with E-state index in [2.05, 4.69) is 5.10 Å². The molecule has 1 aromatic carbocycles. The third-order valence-electron chi connectivity index (χ3n) is 2.95. The fourth-order valence-corrected chi connectivity index (χ4v) is 1.86. The number of aromatic nitrogens is 2. The van der Waals surface area contributed by atoms with Gasteiger partial charge in [0.2, 0.25) is 0 Å². The van der Waals surface area contributed by atoms with E-state index in [1.54, 1.807) is 4.68 Å². The van der Waals surface area contributed by atoms with Crippen molar-refractivity contribution in [3.05, 3.63) is 35.2 Å². The molecule has 0 atom stereocenters. The first-order valence-corrected chi connectivity index (χ1v) is 5.77. The Morgan fingerprint density at radius 1 is 1.39 bits per heavy atom. The number of benzene rings is 1. The van der Waals surface area contributed by atoms with Gasteiger partial charge in [-0.3, -0.25) is 9.48 Å². The van der Waals surface area contributed by atoms with Crippen LogP contribution in [0.15, 0.2) is 18.2 Å². The van der Waals surface area contributed by atoms with Gasteiger partial charge in [-0.15, -0.1) is 0 Å². The van der Waals surface area contributed by atoms with Crippen LogP contribution in [0, 0.1) is 13.8 Å². The molecule has 0 amide bonds. The van der Waals surface area contributed by atoms with Crippen molar-refractivity contribution in [2.75, 3.05) is 0 Å². The van der Waals surface area contributed by atoms with Crippen LogP contribution in [0.1, 0.15) is 21.7 Å². The SMILES string of the molecule is Bc1ccc(Oc2c(C)nn(C)c2C)c(C=O)c1. The minimum absolute atomic E-state index is 0.553. The van der Waals surface area contributed by atoms with E-state index in [1.165, 1.54) is 0 Å². The molecule has 4 nitrogen and oxygen atoms in total. The average molecular weight is 242 g/mol. The van der Waals surface area contributed by atoms with E-state index in [0.29, 0.717) is 17.1 Å². The lowest BCUT2D eigenvalue weighted by Crippen LogP contribution is -2.04. The van der Waals surface area contributed by atoms with Crippen molar-refractivity contribution >= 4 is 19.6 Å². The van der Waals surface area contributed by atoms with Crippen molar-refractivity contribution in [1.82, 2.24) is 9.78 Å². The molecule has 92 valence electrons. The summed E-state index contributed by atoms with van der Waals surface area (Å²) in [5.74, 6) is 1.28. The van der Waals surface area contributed by atoms with Gasteiger partial charge in [0.25, 0.3) is 0 Å². The minimum atomic E-state index is 0.553. The summed E-state index contributed by atoms with van der Waals surface area (Å²) in [7, 11) is 3.81. The molecule has 1 aromatic heterocycles. The van der Waals surface area contributed by atoms with E-state index in [0.717, 1.165) is 23.1 Å². The number of aldehydes is 1. The lowest BCUT2D eigenvalue weighted by Gasteiger charge is -2.09. The summed E-state index contributed by atoms with van der Waals surface area (Å²) >= 11 is 0. The highest BCUT2D eigenvalue weighted by Crippen LogP contribution is 2.29. The third kappa shape index (κ3) is 2.16. The molecule has 5 heteroatoms. The molecule has 0 unspecified atom stereocenters. The van der Waals surface area contributed by atoms with Crippen LogP contribution in [0.5, 0.6) is 11.5 Å². The van der Waals surface area contributed by atoms with E-state index in [1.807, 2.05) is 46.9 Å². The van der Waals surface area contributed by atoms with Crippen LogP contribution in [0.3, 0.4) is 0 Å². The van der Waals surface area contributed by atoms with Gasteiger partial charge in [-0.25, -0.2) is 0 Å². The molecule has 2 aromatic rings. The Balaban J connectivity index is 2.42. The molecule has 0 aliphatic rings. The van der Waals surface area contributed by atoms with E-state index in [-0.39, 0.29) is 0 Å². The van der Waals surface area contributed by atoms with Crippen molar-refractivity contribution in [2.24, 2.45) is 7.05 Å². The summed E-state index contributed by atoms with van der Waals surface area (Å²) in [6.07, 6.45) is 0.809. The van der Waals surface area contributed by atoms with Crippen molar-refractivity contribution in [1.29, 1.82) is 0 Å².